The van der Waals surface area contributed by atoms with E-state index in [2.05, 4.69) is 5.32 Å². The number of hydrogen-bond donors (Lipinski definition) is 3. The van der Waals surface area contributed by atoms with Crippen LogP contribution < -0.4 is 5.32 Å². The first kappa shape index (κ1) is 15.5. The summed E-state index contributed by atoms with van der Waals surface area (Å²) in [6, 6.07) is 3.62. The van der Waals surface area contributed by atoms with Gasteiger partial charge >= 0.3 is 5.97 Å². The maximum atomic E-state index is 11.3. The summed E-state index contributed by atoms with van der Waals surface area (Å²) in [6.07, 6.45) is 0.738. The van der Waals surface area contributed by atoms with Crippen molar-refractivity contribution in [2.24, 2.45) is 0 Å². The molecule has 0 unspecified atom stereocenters. The number of carbonyl (C=O) groups is 2. The number of carbonyl (C=O) groups excluding carboxylic acids is 1. The third kappa shape index (κ3) is 4.96. The van der Waals surface area contributed by atoms with Crippen molar-refractivity contribution in [2.75, 3.05) is 6.54 Å². The van der Waals surface area contributed by atoms with Crippen molar-refractivity contribution >= 4 is 57.1 Å². The molecule has 0 fully saturated rings. The number of halogens is 2. The predicted molar refractivity (Wildman–Crippen MR) is 82.5 cm³/mol. The monoisotopic (exact) mass is 475 g/mol. The highest BCUT2D eigenvalue weighted by molar-refractivity contribution is 14.1. The maximum Gasteiger partial charge on any atom is 0.322 e. The molecule has 0 aliphatic rings. The molecule has 1 rings (SSSR count). The number of amides is 1. The molecule has 0 saturated heterocycles. The number of rotatable bonds is 5. The van der Waals surface area contributed by atoms with Gasteiger partial charge in [-0.3, -0.25) is 9.59 Å². The minimum absolute atomic E-state index is 0.226. The van der Waals surface area contributed by atoms with E-state index in [4.69, 9.17) is 5.11 Å². The molecule has 0 saturated carbocycles. The van der Waals surface area contributed by atoms with Gasteiger partial charge in [-0.05, 0) is 69.3 Å². The van der Waals surface area contributed by atoms with Gasteiger partial charge in [0, 0.05) is 6.42 Å². The number of aromatic hydroxyl groups is 1. The van der Waals surface area contributed by atoms with Gasteiger partial charge in [-0.1, -0.05) is 0 Å². The fourth-order valence-corrected chi connectivity index (χ4v) is 3.18. The number of hydrogen-bond acceptors (Lipinski definition) is 3. The van der Waals surface area contributed by atoms with Crippen LogP contribution in [0.25, 0.3) is 0 Å². The minimum atomic E-state index is -1.06. The quantitative estimate of drug-likeness (QED) is 0.567. The summed E-state index contributed by atoms with van der Waals surface area (Å²) in [5.74, 6) is -1.11. The molecule has 0 radical (unpaired) electrons. The summed E-state index contributed by atoms with van der Waals surface area (Å²) < 4.78 is 1.47. The molecule has 1 aromatic carbocycles. The Bertz CT molecular complexity index is 453. The molecular weight excluding hydrogens is 464 g/mol. The van der Waals surface area contributed by atoms with Gasteiger partial charge < -0.3 is 15.5 Å². The Morgan fingerprint density at radius 2 is 1.78 bits per heavy atom. The van der Waals surface area contributed by atoms with Crippen LogP contribution in [0.5, 0.6) is 5.75 Å². The first-order valence-electron chi connectivity index (χ1n) is 5.05. The van der Waals surface area contributed by atoms with Crippen molar-refractivity contribution < 1.29 is 19.8 Å². The van der Waals surface area contributed by atoms with Crippen molar-refractivity contribution in [3.05, 3.63) is 24.8 Å². The number of nitrogens with one attached hydrogen (secondary N) is 1. The third-order valence-corrected chi connectivity index (χ3v) is 3.80. The molecule has 98 valence electrons. The van der Waals surface area contributed by atoms with Crippen molar-refractivity contribution in [2.45, 2.75) is 12.8 Å². The number of aliphatic carboxylic acids is 1. The van der Waals surface area contributed by atoms with Crippen LogP contribution in [0.3, 0.4) is 0 Å². The van der Waals surface area contributed by atoms with E-state index >= 15 is 0 Å². The van der Waals surface area contributed by atoms with E-state index in [0.717, 1.165) is 12.7 Å². The summed E-state index contributed by atoms with van der Waals surface area (Å²) in [6.45, 7) is -0.358. The summed E-state index contributed by atoms with van der Waals surface area (Å²) in [7, 11) is 0. The minimum Gasteiger partial charge on any atom is -0.506 e. The van der Waals surface area contributed by atoms with Gasteiger partial charge in [0.25, 0.3) is 0 Å². The van der Waals surface area contributed by atoms with E-state index in [9.17, 15) is 14.7 Å². The Morgan fingerprint density at radius 1 is 1.22 bits per heavy atom. The number of carboxylic acids is 1. The van der Waals surface area contributed by atoms with Crippen LogP contribution in [0, 0.1) is 7.14 Å². The van der Waals surface area contributed by atoms with E-state index in [1.807, 2.05) is 57.3 Å². The van der Waals surface area contributed by atoms with Gasteiger partial charge in [0.15, 0.2) is 0 Å². The predicted octanol–water partition coefficient (Wildman–Crippen LogP) is 1.73. The van der Waals surface area contributed by atoms with Gasteiger partial charge in [0.1, 0.15) is 12.3 Å². The normalized spacial score (nSPS) is 10.1. The van der Waals surface area contributed by atoms with Crippen LogP contribution in [0.15, 0.2) is 12.1 Å². The van der Waals surface area contributed by atoms with Gasteiger partial charge in [-0.25, -0.2) is 0 Å². The van der Waals surface area contributed by atoms with Gasteiger partial charge in [-0.15, -0.1) is 0 Å². The Hall–Kier alpha value is -0.580. The van der Waals surface area contributed by atoms with Crippen LogP contribution in [-0.4, -0.2) is 28.6 Å². The lowest BCUT2D eigenvalue weighted by Crippen LogP contribution is -2.29. The van der Waals surface area contributed by atoms with Crippen molar-refractivity contribution in [3.8, 4) is 5.75 Å². The van der Waals surface area contributed by atoms with Crippen molar-refractivity contribution in [1.82, 2.24) is 5.32 Å². The second-order valence-electron chi connectivity index (χ2n) is 3.58. The highest BCUT2D eigenvalue weighted by Gasteiger charge is 2.08. The Morgan fingerprint density at radius 3 is 2.28 bits per heavy atom. The smallest absolute Gasteiger partial charge is 0.322 e. The summed E-state index contributed by atoms with van der Waals surface area (Å²) in [4.78, 5) is 21.6. The maximum absolute atomic E-state index is 11.3. The van der Waals surface area contributed by atoms with Gasteiger partial charge in [0.2, 0.25) is 5.91 Å². The molecule has 7 heteroatoms. The average molecular weight is 475 g/mol. The van der Waals surface area contributed by atoms with Crippen LogP contribution in [0.2, 0.25) is 0 Å². The standard InChI is InChI=1S/C11H11I2NO4/c12-7-3-6(4-8(13)11(7)18)1-2-9(15)14-5-10(16)17/h3-4,18H,1-2,5H2,(H,14,15)(H,16,17). The topological polar surface area (TPSA) is 86.6 Å². The molecule has 0 aliphatic carbocycles. The fourth-order valence-electron chi connectivity index (χ4n) is 1.28. The van der Waals surface area contributed by atoms with E-state index in [1.165, 1.54) is 0 Å². The Balaban J connectivity index is 2.53. The molecule has 18 heavy (non-hydrogen) atoms. The lowest BCUT2D eigenvalue weighted by molar-refractivity contribution is -0.137. The second-order valence-corrected chi connectivity index (χ2v) is 5.90. The summed E-state index contributed by atoms with van der Waals surface area (Å²) >= 11 is 4.05. The van der Waals surface area contributed by atoms with Crippen LogP contribution in [-0.2, 0) is 16.0 Å². The van der Waals surface area contributed by atoms with Crippen LogP contribution >= 0.6 is 45.2 Å². The molecule has 5 nitrogen and oxygen atoms in total. The highest BCUT2D eigenvalue weighted by atomic mass is 127. The lowest BCUT2D eigenvalue weighted by Gasteiger charge is -2.06. The number of carboxylic acid groups (broad SMARTS) is 1. The first-order chi connectivity index (χ1) is 8.40. The molecule has 0 atom stereocenters. The second kappa shape index (κ2) is 7.12. The van der Waals surface area contributed by atoms with Gasteiger partial charge in [0.05, 0.1) is 7.14 Å². The summed E-state index contributed by atoms with van der Waals surface area (Å²) in [5, 5.41) is 20.3. The summed E-state index contributed by atoms with van der Waals surface area (Å²) in [5.41, 5.74) is 0.937. The van der Waals surface area contributed by atoms with E-state index in [1.54, 1.807) is 0 Å². The first-order valence-corrected chi connectivity index (χ1v) is 7.21. The molecule has 0 aromatic heterocycles. The van der Waals surface area contributed by atoms with Crippen molar-refractivity contribution in [1.29, 1.82) is 0 Å². The van der Waals surface area contributed by atoms with Crippen LogP contribution in [0.4, 0.5) is 0 Å². The molecule has 0 bridgehead atoms. The van der Waals surface area contributed by atoms with Crippen LogP contribution in [0.1, 0.15) is 12.0 Å². The molecule has 0 heterocycles. The SMILES string of the molecule is O=C(O)CNC(=O)CCc1cc(I)c(O)c(I)c1. The molecule has 0 spiro atoms. The molecule has 1 aromatic rings. The van der Waals surface area contributed by atoms with E-state index < -0.39 is 5.97 Å². The van der Waals surface area contributed by atoms with E-state index in [0.29, 0.717) is 6.42 Å². The van der Waals surface area contributed by atoms with E-state index in [-0.39, 0.29) is 24.6 Å². The largest absolute Gasteiger partial charge is 0.506 e. The number of benzene rings is 1. The fraction of sp³-hybridized carbons (Fsp3) is 0.273. The highest BCUT2D eigenvalue weighted by Crippen LogP contribution is 2.27. The number of aryl methyl sites for hydroxylation is 1. The zero-order chi connectivity index (χ0) is 13.7. The number of phenolic OH excluding ortho intramolecular Hbond substituents is 1. The molecule has 3 N–H and O–H groups in total. The Kier molecular flexibility index (Phi) is 6.12. The third-order valence-electron chi connectivity index (χ3n) is 2.15. The number of phenols is 1. The average Bonchev–Trinajstić information content (AvgIpc) is 2.30. The van der Waals surface area contributed by atoms with Crippen molar-refractivity contribution in [3.63, 3.8) is 0 Å². The zero-order valence-corrected chi connectivity index (χ0v) is 13.6. The van der Waals surface area contributed by atoms with Gasteiger partial charge in [-0.2, -0.15) is 0 Å². The molecule has 0 aliphatic heterocycles. The molecular formula is C11H11I2NO4. The zero-order valence-electron chi connectivity index (χ0n) is 9.24. The molecule has 1 amide bonds. The lowest BCUT2D eigenvalue weighted by atomic mass is 10.1. The Labute approximate surface area is 131 Å².